The molecule has 1 N–H and O–H groups in total. The first-order valence-corrected chi connectivity index (χ1v) is 8.66. The average molecular weight is 377 g/mol. The van der Waals surface area contributed by atoms with Crippen LogP contribution in [0.15, 0.2) is 53.6 Å². The standard InChI is InChI=1S/C20H22F3N3O/c1-3-26(4-2)18-10-8-15(9-11-18)14-24-25-19(27)13-16-6-5-7-17(12-16)20(21,22)23/h5-12,14H,3-4,13H2,1-2H3,(H,25,27)/b24-14+. The van der Waals surface area contributed by atoms with E-state index >= 15 is 0 Å². The van der Waals surface area contributed by atoms with Crippen LogP contribution >= 0.6 is 0 Å². The fourth-order valence-corrected chi connectivity index (χ4v) is 2.62. The molecular formula is C20H22F3N3O. The Bertz CT molecular complexity index is 782. The predicted molar refractivity (Wildman–Crippen MR) is 101 cm³/mol. The predicted octanol–water partition coefficient (Wildman–Crippen LogP) is 4.24. The van der Waals surface area contributed by atoms with Gasteiger partial charge in [-0.25, -0.2) is 5.43 Å². The quantitative estimate of drug-likeness (QED) is 0.579. The van der Waals surface area contributed by atoms with Gasteiger partial charge in [0, 0.05) is 18.8 Å². The van der Waals surface area contributed by atoms with Gasteiger partial charge in [0.1, 0.15) is 0 Å². The number of benzene rings is 2. The summed E-state index contributed by atoms with van der Waals surface area (Å²) in [6, 6.07) is 12.4. The summed E-state index contributed by atoms with van der Waals surface area (Å²) in [6.07, 6.45) is -3.11. The van der Waals surface area contributed by atoms with E-state index in [4.69, 9.17) is 0 Å². The molecule has 0 aliphatic rings. The van der Waals surface area contributed by atoms with Crippen molar-refractivity contribution in [3.63, 3.8) is 0 Å². The third-order valence-electron chi connectivity index (χ3n) is 4.04. The van der Waals surface area contributed by atoms with Gasteiger partial charge in [-0.3, -0.25) is 4.79 Å². The average Bonchev–Trinajstić information content (AvgIpc) is 2.63. The summed E-state index contributed by atoms with van der Waals surface area (Å²) in [4.78, 5) is 14.1. The van der Waals surface area contributed by atoms with Crippen molar-refractivity contribution in [1.29, 1.82) is 0 Å². The number of carbonyl (C=O) groups excluding carboxylic acids is 1. The Morgan fingerprint density at radius 2 is 1.78 bits per heavy atom. The van der Waals surface area contributed by atoms with Crippen LogP contribution in [0.5, 0.6) is 0 Å². The first-order chi connectivity index (χ1) is 12.8. The molecule has 0 unspecified atom stereocenters. The zero-order valence-electron chi connectivity index (χ0n) is 15.3. The zero-order chi connectivity index (χ0) is 19.9. The van der Waals surface area contributed by atoms with Crippen LogP contribution in [0.4, 0.5) is 18.9 Å². The number of halogens is 3. The van der Waals surface area contributed by atoms with E-state index in [1.807, 2.05) is 24.3 Å². The van der Waals surface area contributed by atoms with Gasteiger partial charge in [0.15, 0.2) is 0 Å². The second-order valence-corrected chi connectivity index (χ2v) is 5.93. The highest BCUT2D eigenvalue weighted by atomic mass is 19.4. The summed E-state index contributed by atoms with van der Waals surface area (Å²) in [5, 5.41) is 3.86. The molecule has 4 nitrogen and oxygen atoms in total. The zero-order valence-corrected chi connectivity index (χ0v) is 15.3. The van der Waals surface area contributed by atoms with E-state index in [0.717, 1.165) is 36.5 Å². The molecule has 2 aromatic rings. The lowest BCUT2D eigenvalue weighted by atomic mass is 10.1. The fourth-order valence-electron chi connectivity index (χ4n) is 2.62. The highest BCUT2D eigenvalue weighted by molar-refractivity contribution is 5.83. The smallest absolute Gasteiger partial charge is 0.372 e. The molecular weight excluding hydrogens is 355 g/mol. The Balaban J connectivity index is 1.92. The van der Waals surface area contributed by atoms with Crippen molar-refractivity contribution in [2.24, 2.45) is 5.10 Å². The van der Waals surface area contributed by atoms with Gasteiger partial charge in [-0.05, 0) is 43.2 Å². The van der Waals surface area contributed by atoms with Gasteiger partial charge < -0.3 is 4.90 Å². The molecule has 2 rings (SSSR count). The van der Waals surface area contributed by atoms with Gasteiger partial charge in [0.2, 0.25) is 5.91 Å². The SMILES string of the molecule is CCN(CC)c1ccc(/C=N/NC(=O)Cc2cccc(C(F)(F)F)c2)cc1. The van der Waals surface area contributed by atoms with Crippen molar-refractivity contribution < 1.29 is 18.0 Å². The Morgan fingerprint density at radius 1 is 1.11 bits per heavy atom. The van der Waals surface area contributed by atoms with Crippen LogP contribution in [-0.4, -0.2) is 25.2 Å². The van der Waals surface area contributed by atoms with Crippen molar-refractivity contribution in [3.05, 3.63) is 65.2 Å². The van der Waals surface area contributed by atoms with Crippen molar-refractivity contribution in [2.45, 2.75) is 26.4 Å². The maximum absolute atomic E-state index is 12.7. The molecule has 7 heteroatoms. The molecule has 0 saturated heterocycles. The normalized spacial score (nSPS) is 11.6. The molecule has 0 fully saturated rings. The third kappa shape index (κ3) is 6.13. The minimum Gasteiger partial charge on any atom is -0.372 e. The van der Waals surface area contributed by atoms with E-state index in [2.05, 4.69) is 29.3 Å². The molecule has 1 amide bonds. The van der Waals surface area contributed by atoms with Crippen LogP contribution in [0.2, 0.25) is 0 Å². The molecule has 2 aromatic carbocycles. The number of anilines is 1. The molecule has 0 bridgehead atoms. The Kier molecular flexibility index (Phi) is 6.98. The number of amides is 1. The molecule has 0 aromatic heterocycles. The van der Waals surface area contributed by atoms with Crippen LogP contribution in [0, 0.1) is 0 Å². The highest BCUT2D eigenvalue weighted by Gasteiger charge is 2.30. The number of alkyl halides is 3. The minimum atomic E-state index is -4.43. The molecule has 0 aliphatic carbocycles. The first kappa shape index (κ1) is 20.5. The number of hydrogen-bond donors (Lipinski definition) is 1. The number of carbonyl (C=O) groups is 1. The topological polar surface area (TPSA) is 44.7 Å². The Hall–Kier alpha value is -2.83. The molecule has 0 atom stereocenters. The summed E-state index contributed by atoms with van der Waals surface area (Å²) in [5.41, 5.74) is 3.75. The van der Waals surface area contributed by atoms with Crippen molar-refractivity contribution in [1.82, 2.24) is 5.43 Å². The maximum atomic E-state index is 12.7. The van der Waals surface area contributed by atoms with Gasteiger partial charge in [-0.15, -0.1) is 0 Å². The molecule has 0 radical (unpaired) electrons. The fraction of sp³-hybridized carbons (Fsp3) is 0.300. The van der Waals surface area contributed by atoms with Crippen molar-refractivity contribution >= 4 is 17.8 Å². The molecule has 0 spiro atoms. The second kappa shape index (κ2) is 9.21. The van der Waals surface area contributed by atoms with Crippen molar-refractivity contribution in [2.75, 3.05) is 18.0 Å². The third-order valence-corrected chi connectivity index (χ3v) is 4.04. The van der Waals surface area contributed by atoms with Crippen LogP contribution in [0.3, 0.4) is 0 Å². The maximum Gasteiger partial charge on any atom is 0.416 e. The van der Waals surface area contributed by atoms with Crippen LogP contribution < -0.4 is 10.3 Å². The van der Waals surface area contributed by atoms with Gasteiger partial charge in [-0.2, -0.15) is 18.3 Å². The molecule has 0 aliphatic heterocycles. The van der Waals surface area contributed by atoms with Gasteiger partial charge in [0.25, 0.3) is 0 Å². The summed E-state index contributed by atoms with van der Waals surface area (Å²) in [5.74, 6) is -0.481. The van der Waals surface area contributed by atoms with E-state index in [1.54, 1.807) is 0 Å². The van der Waals surface area contributed by atoms with Crippen LogP contribution in [-0.2, 0) is 17.4 Å². The lowest BCUT2D eigenvalue weighted by Gasteiger charge is -2.20. The number of nitrogens with one attached hydrogen (secondary N) is 1. The Labute approximate surface area is 156 Å². The van der Waals surface area contributed by atoms with E-state index in [0.29, 0.717) is 0 Å². The van der Waals surface area contributed by atoms with Crippen molar-refractivity contribution in [3.8, 4) is 0 Å². The lowest BCUT2D eigenvalue weighted by Crippen LogP contribution is -2.21. The van der Waals surface area contributed by atoms with E-state index < -0.39 is 17.6 Å². The van der Waals surface area contributed by atoms with E-state index in [1.165, 1.54) is 18.3 Å². The second-order valence-electron chi connectivity index (χ2n) is 5.93. The summed E-state index contributed by atoms with van der Waals surface area (Å²) in [7, 11) is 0. The van der Waals surface area contributed by atoms with Crippen LogP contribution in [0.1, 0.15) is 30.5 Å². The largest absolute Gasteiger partial charge is 0.416 e. The van der Waals surface area contributed by atoms with Gasteiger partial charge >= 0.3 is 6.18 Å². The molecule has 27 heavy (non-hydrogen) atoms. The van der Waals surface area contributed by atoms with Gasteiger partial charge in [-0.1, -0.05) is 30.3 Å². The lowest BCUT2D eigenvalue weighted by molar-refractivity contribution is -0.137. The number of hydrazone groups is 1. The van der Waals surface area contributed by atoms with Crippen LogP contribution in [0.25, 0.3) is 0 Å². The number of rotatable bonds is 7. The van der Waals surface area contributed by atoms with E-state index in [9.17, 15) is 18.0 Å². The van der Waals surface area contributed by atoms with E-state index in [-0.39, 0.29) is 12.0 Å². The highest BCUT2D eigenvalue weighted by Crippen LogP contribution is 2.29. The summed E-state index contributed by atoms with van der Waals surface area (Å²) in [6.45, 7) is 5.99. The first-order valence-electron chi connectivity index (χ1n) is 8.66. The molecule has 0 heterocycles. The molecule has 144 valence electrons. The minimum absolute atomic E-state index is 0.178. The summed E-state index contributed by atoms with van der Waals surface area (Å²) >= 11 is 0. The monoisotopic (exact) mass is 377 g/mol. The summed E-state index contributed by atoms with van der Waals surface area (Å²) < 4.78 is 38.1. The number of hydrogen-bond acceptors (Lipinski definition) is 3. The number of nitrogens with zero attached hydrogens (tertiary/aromatic N) is 2. The molecule has 0 saturated carbocycles. The van der Waals surface area contributed by atoms with Gasteiger partial charge in [0.05, 0.1) is 18.2 Å². The Morgan fingerprint density at radius 3 is 2.37 bits per heavy atom.